The summed E-state index contributed by atoms with van der Waals surface area (Å²) in [7, 11) is 1.59. The summed E-state index contributed by atoms with van der Waals surface area (Å²) in [6, 6.07) is 16.5. The molecule has 0 saturated heterocycles. The number of benzene rings is 3. The zero-order valence-electron chi connectivity index (χ0n) is 15.3. The minimum atomic E-state index is -0.458. The van der Waals surface area contributed by atoms with Crippen molar-refractivity contribution in [3.8, 4) is 17.2 Å². The van der Waals surface area contributed by atoms with Crippen LogP contribution < -0.4 is 10.1 Å². The summed E-state index contributed by atoms with van der Waals surface area (Å²) in [5.74, 6) is 0.283. The van der Waals surface area contributed by atoms with Crippen LogP contribution in [0.25, 0.3) is 22.6 Å². The second-order valence-electron chi connectivity index (χ2n) is 6.35. The molecule has 0 aliphatic rings. The number of anilines is 1. The van der Waals surface area contributed by atoms with E-state index in [4.69, 9.17) is 9.15 Å². The summed E-state index contributed by atoms with van der Waals surface area (Å²) in [6.07, 6.45) is 0. The zero-order valence-corrected chi connectivity index (χ0v) is 15.3. The van der Waals surface area contributed by atoms with E-state index in [0.29, 0.717) is 28.4 Å². The van der Waals surface area contributed by atoms with Gasteiger partial charge in [-0.3, -0.25) is 4.79 Å². The van der Waals surface area contributed by atoms with Crippen molar-refractivity contribution >= 4 is 22.7 Å². The van der Waals surface area contributed by atoms with E-state index in [1.807, 2.05) is 19.1 Å². The average molecular weight is 376 g/mol. The van der Waals surface area contributed by atoms with Crippen LogP contribution in [0.5, 0.6) is 5.75 Å². The van der Waals surface area contributed by atoms with Gasteiger partial charge in [-0.15, -0.1) is 0 Å². The molecule has 4 rings (SSSR count). The number of hydrogen-bond acceptors (Lipinski definition) is 4. The van der Waals surface area contributed by atoms with E-state index in [1.165, 1.54) is 18.2 Å². The number of aryl methyl sites for hydroxylation is 1. The molecular formula is C22H17FN2O3. The van der Waals surface area contributed by atoms with Crippen molar-refractivity contribution in [2.75, 3.05) is 12.4 Å². The molecule has 0 spiro atoms. The first-order valence-corrected chi connectivity index (χ1v) is 8.66. The van der Waals surface area contributed by atoms with Crippen molar-refractivity contribution in [2.45, 2.75) is 6.92 Å². The number of methoxy groups -OCH3 is 1. The van der Waals surface area contributed by atoms with Gasteiger partial charge in [0.05, 0.1) is 7.11 Å². The fourth-order valence-electron chi connectivity index (χ4n) is 2.87. The molecule has 0 unspecified atom stereocenters. The third-order valence-corrected chi connectivity index (χ3v) is 4.41. The van der Waals surface area contributed by atoms with E-state index in [2.05, 4.69) is 10.3 Å². The maximum absolute atomic E-state index is 13.4. The predicted octanol–water partition coefficient (Wildman–Crippen LogP) is 5.20. The monoisotopic (exact) mass is 376 g/mol. The van der Waals surface area contributed by atoms with E-state index in [1.54, 1.807) is 37.4 Å². The van der Waals surface area contributed by atoms with Gasteiger partial charge in [0.15, 0.2) is 5.58 Å². The van der Waals surface area contributed by atoms with Gasteiger partial charge in [-0.2, -0.15) is 0 Å². The van der Waals surface area contributed by atoms with Gasteiger partial charge in [0, 0.05) is 22.9 Å². The van der Waals surface area contributed by atoms with Crippen LogP contribution in [-0.2, 0) is 0 Å². The first-order valence-electron chi connectivity index (χ1n) is 8.66. The normalized spacial score (nSPS) is 10.8. The number of nitrogens with zero attached hydrogens (tertiary/aromatic N) is 1. The minimum absolute atomic E-state index is 0.249. The van der Waals surface area contributed by atoms with Crippen molar-refractivity contribution < 1.29 is 18.3 Å². The van der Waals surface area contributed by atoms with E-state index in [-0.39, 0.29) is 11.5 Å². The Balaban J connectivity index is 1.66. The number of ether oxygens (including phenoxy) is 1. The van der Waals surface area contributed by atoms with Crippen LogP contribution in [0, 0.1) is 12.7 Å². The van der Waals surface area contributed by atoms with Crippen LogP contribution in [0.2, 0.25) is 0 Å². The number of carbonyl (C=O) groups excluding carboxylic acids is 1. The number of nitrogens with one attached hydrogen (secondary N) is 1. The summed E-state index contributed by atoms with van der Waals surface area (Å²) in [5.41, 5.74) is 3.76. The molecule has 0 atom stereocenters. The molecule has 0 radical (unpaired) electrons. The van der Waals surface area contributed by atoms with Gasteiger partial charge in [0.25, 0.3) is 5.91 Å². The lowest BCUT2D eigenvalue weighted by Crippen LogP contribution is -2.13. The number of hydrogen-bond donors (Lipinski definition) is 1. The SMILES string of the molecule is COc1ccc2oc(-c3ccc(C)c(NC(=O)c4cccc(F)c4)c3)nc2c1. The van der Waals surface area contributed by atoms with Crippen LogP contribution >= 0.6 is 0 Å². The Morgan fingerprint density at radius 3 is 2.75 bits per heavy atom. The predicted molar refractivity (Wildman–Crippen MR) is 105 cm³/mol. The first kappa shape index (κ1) is 17.7. The van der Waals surface area contributed by atoms with Gasteiger partial charge in [-0.1, -0.05) is 12.1 Å². The van der Waals surface area contributed by atoms with Gasteiger partial charge in [0.1, 0.15) is 17.1 Å². The lowest BCUT2D eigenvalue weighted by Gasteiger charge is -2.10. The molecule has 140 valence electrons. The lowest BCUT2D eigenvalue weighted by atomic mass is 10.1. The highest BCUT2D eigenvalue weighted by Crippen LogP contribution is 2.29. The molecule has 0 saturated carbocycles. The first-order chi connectivity index (χ1) is 13.5. The molecule has 3 aromatic carbocycles. The molecule has 1 N–H and O–H groups in total. The summed E-state index contributed by atoms with van der Waals surface area (Å²) >= 11 is 0. The highest BCUT2D eigenvalue weighted by Gasteiger charge is 2.13. The molecular weight excluding hydrogens is 359 g/mol. The Labute approximate surface area is 160 Å². The van der Waals surface area contributed by atoms with Crippen LogP contribution in [0.3, 0.4) is 0 Å². The zero-order chi connectivity index (χ0) is 19.7. The topological polar surface area (TPSA) is 64.4 Å². The van der Waals surface area contributed by atoms with E-state index >= 15 is 0 Å². The highest BCUT2D eigenvalue weighted by atomic mass is 19.1. The fraction of sp³-hybridized carbons (Fsp3) is 0.0909. The largest absolute Gasteiger partial charge is 0.497 e. The van der Waals surface area contributed by atoms with Crippen LogP contribution in [-0.4, -0.2) is 18.0 Å². The maximum Gasteiger partial charge on any atom is 0.255 e. The van der Waals surface area contributed by atoms with Gasteiger partial charge >= 0.3 is 0 Å². The number of amides is 1. The maximum atomic E-state index is 13.4. The molecule has 28 heavy (non-hydrogen) atoms. The number of fused-ring (bicyclic) bond motifs is 1. The minimum Gasteiger partial charge on any atom is -0.497 e. The van der Waals surface area contributed by atoms with Gasteiger partial charge in [0.2, 0.25) is 5.89 Å². The van der Waals surface area contributed by atoms with Gasteiger partial charge in [-0.25, -0.2) is 9.37 Å². The number of carbonyl (C=O) groups is 1. The van der Waals surface area contributed by atoms with Gasteiger partial charge in [-0.05, 0) is 55.0 Å². The molecule has 1 heterocycles. The Hall–Kier alpha value is -3.67. The van der Waals surface area contributed by atoms with Crippen molar-refractivity contribution in [1.82, 2.24) is 4.98 Å². The second kappa shape index (κ2) is 7.15. The fourth-order valence-corrected chi connectivity index (χ4v) is 2.87. The number of oxazole rings is 1. The smallest absolute Gasteiger partial charge is 0.255 e. The van der Waals surface area contributed by atoms with Crippen molar-refractivity contribution in [3.63, 3.8) is 0 Å². The molecule has 1 aromatic heterocycles. The third-order valence-electron chi connectivity index (χ3n) is 4.41. The molecule has 5 nitrogen and oxygen atoms in total. The van der Waals surface area contributed by atoms with Crippen LogP contribution in [0.4, 0.5) is 10.1 Å². The average Bonchev–Trinajstić information content (AvgIpc) is 3.12. The van der Waals surface area contributed by atoms with Crippen LogP contribution in [0.15, 0.2) is 65.1 Å². The van der Waals surface area contributed by atoms with Crippen molar-refractivity contribution in [1.29, 1.82) is 0 Å². The quantitative estimate of drug-likeness (QED) is 0.531. The molecule has 0 fully saturated rings. The molecule has 0 aliphatic heterocycles. The Morgan fingerprint density at radius 1 is 1.11 bits per heavy atom. The van der Waals surface area contributed by atoms with Crippen molar-refractivity contribution in [2.24, 2.45) is 0 Å². The molecule has 4 aromatic rings. The lowest BCUT2D eigenvalue weighted by molar-refractivity contribution is 0.102. The van der Waals surface area contributed by atoms with E-state index < -0.39 is 5.82 Å². The molecule has 6 heteroatoms. The Kier molecular flexibility index (Phi) is 4.53. The second-order valence-corrected chi connectivity index (χ2v) is 6.35. The molecule has 1 amide bonds. The van der Waals surface area contributed by atoms with E-state index in [0.717, 1.165) is 11.1 Å². The summed E-state index contributed by atoms with van der Waals surface area (Å²) in [4.78, 5) is 16.9. The summed E-state index contributed by atoms with van der Waals surface area (Å²) < 4.78 is 24.4. The van der Waals surface area contributed by atoms with Gasteiger partial charge < -0.3 is 14.5 Å². The van der Waals surface area contributed by atoms with Crippen LogP contribution in [0.1, 0.15) is 15.9 Å². The Morgan fingerprint density at radius 2 is 1.96 bits per heavy atom. The standard InChI is InChI=1S/C22H17FN2O3/c1-13-6-7-15(22-25-19-12-17(27-2)8-9-20(19)28-22)11-18(13)24-21(26)14-4-3-5-16(23)10-14/h3-12H,1-2H3,(H,24,26). The van der Waals surface area contributed by atoms with Crippen molar-refractivity contribution in [3.05, 3.63) is 77.6 Å². The molecule has 0 aliphatic carbocycles. The number of halogens is 1. The highest BCUT2D eigenvalue weighted by molar-refractivity contribution is 6.04. The Bertz CT molecular complexity index is 1180. The summed E-state index contributed by atoms with van der Waals surface area (Å²) in [6.45, 7) is 1.88. The van der Waals surface area contributed by atoms with E-state index in [9.17, 15) is 9.18 Å². The number of aromatic nitrogens is 1. The number of rotatable bonds is 4. The molecule has 0 bridgehead atoms. The summed E-state index contributed by atoms with van der Waals surface area (Å²) in [5, 5.41) is 2.82. The third kappa shape index (κ3) is 3.44.